The molecule has 1 fully saturated rings. The van der Waals surface area contributed by atoms with Crippen molar-refractivity contribution in [2.75, 3.05) is 23.7 Å². The molecule has 170 valence electrons. The number of carbonyl (C=O) groups excluding carboxylic acids is 3. The molecule has 8 nitrogen and oxygen atoms in total. The number of anilines is 2. The van der Waals surface area contributed by atoms with E-state index < -0.39 is 5.91 Å². The van der Waals surface area contributed by atoms with Crippen LogP contribution in [-0.2, 0) is 4.79 Å². The van der Waals surface area contributed by atoms with Crippen LogP contribution in [0.1, 0.15) is 38.0 Å². The first kappa shape index (κ1) is 22.9. The normalized spacial score (nSPS) is 15.7. The quantitative estimate of drug-likeness (QED) is 0.564. The van der Waals surface area contributed by atoms with Crippen LogP contribution < -0.4 is 10.6 Å². The van der Waals surface area contributed by atoms with Gasteiger partial charge in [-0.2, -0.15) is 0 Å². The van der Waals surface area contributed by atoms with Crippen molar-refractivity contribution in [3.63, 3.8) is 0 Å². The van der Waals surface area contributed by atoms with Gasteiger partial charge in [-0.25, -0.2) is 0 Å². The van der Waals surface area contributed by atoms with Gasteiger partial charge < -0.3 is 15.5 Å². The molecule has 4 rings (SSSR count). The average molecular weight is 484 g/mol. The third kappa shape index (κ3) is 5.74. The Hall–Kier alpha value is -3.30. The predicted molar refractivity (Wildman–Crippen MR) is 128 cm³/mol. The highest BCUT2D eigenvalue weighted by Crippen LogP contribution is 2.22. The molecule has 0 spiro atoms. The minimum Gasteiger partial charge on any atom is -0.336 e. The summed E-state index contributed by atoms with van der Waals surface area (Å²) in [7, 11) is 0. The molecule has 1 atom stereocenters. The molecule has 33 heavy (non-hydrogen) atoms. The first-order chi connectivity index (χ1) is 15.9. The second-order valence-corrected chi connectivity index (χ2v) is 9.23. The molecule has 3 amide bonds. The van der Waals surface area contributed by atoms with Crippen molar-refractivity contribution in [1.29, 1.82) is 0 Å². The number of nitrogens with zero attached hydrogens (tertiary/aromatic N) is 3. The summed E-state index contributed by atoms with van der Waals surface area (Å²) in [6, 6.07) is 14.2. The molecule has 1 aromatic heterocycles. The fourth-order valence-corrected chi connectivity index (χ4v) is 4.34. The molecule has 0 aliphatic carbocycles. The van der Waals surface area contributed by atoms with E-state index in [-0.39, 0.29) is 27.7 Å². The van der Waals surface area contributed by atoms with Gasteiger partial charge in [0.05, 0.1) is 5.92 Å². The van der Waals surface area contributed by atoms with Gasteiger partial charge in [-0.05, 0) is 56.2 Å². The number of aromatic nitrogens is 2. The molecule has 1 unspecified atom stereocenters. The van der Waals surface area contributed by atoms with E-state index in [2.05, 4.69) is 20.8 Å². The average Bonchev–Trinajstić information content (AvgIpc) is 3.32. The van der Waals surface area contributed by atoms with Gasteiger partial charge in [-0.3, -0.25) is 14.4 Å². The number of piperidine rings is 1. The molecule has 2 aromatic carbocycles. The van der Waals surface area contributed by atoms with E-state index in [1.54, 1.807) is 29.2 Å². The number of benzene rings is 2. The standard InChI is InChI=1S/C23H22ClN5O3S/c1-14-4-8-17(9-5-14)25-19(30)15-3-2-12-29(13-15)23(32)22-28-27-21(33-22)20(31)26-18-10-6-16(24)7-11-18/h4-11,15H,2-3,12-13H2,1H3,(H,25,30)(H,26,31). The second-order valence-electron chi connectivity index (χ2n) is 7.82. The summed E-state index contributed by atoms with van der Waals surface area (Å²) in [6.07, 6.45) is 1.41. The third-order valence-corrected chi connectivity index (χ3v) is 6.46. The van der Waals surface area contributed by atoms with Gasteiger partial charge in [0.1, 0.15) is 0 Å². The number of aryl methyl sites for hydroxylation is 1. The Morgan fingerprint density at radius 1 is 0.970 bits per heavy atom. The smallest absolute Gasteiger partial charge is 0.286 e. The Morgan fingerprint density at radius 2 is 1.61 bits per heavy atom. The number of halogens is 1. The lowest BCUT2D eigenvalue weighted by Gasteiger charge is -2.31. The topological polar surface area (TPSA) is 104 Å². The van der Waals surface area contributed by atoms with Gasteiger partial charge in [0, 0.05) is 29.5 Å². The van der Waals surface area contributed by atoms with Crippen LogP contribution in [0.2, 0.25) is 5.02 Å². The zero-order valence-corrected chi connectivity index (χ0v) is 19.4. The van der Waals surface area contributed by atoms with E-state index in [1.807, 2.05) is 31.2 Å². The van der Waals surface area contributed by atoms with Crippen molar-refractivity contribution in [2.45, 2.75) is 19.8 Å². The van der Waals surface area contributed by atoms with E-state index in [0.29, 0.717) is 36.6 Å². The van der Waals surface area contributed by atoms with E-state index >= 15 is 0 Å². The fourth-order valence-electron chi connectivity index (χ4n) is 3.51. The first-order valence-corrected chi connectivity index (χ1v) is 11.7. The minimum atomic E-state index is -0.456. The van der Waals surface area contributed by atoms with Crippen LogP contribution in [0.25, 0.3) is 0 Å². The summed E-state index contributed by atoms with van der Waals surface area (Å²) in [4.78, 5) is 39.7. The highest BCUT2D eigenvalue weighted by atomic mass is 35.5. The van der Waals surface area contributed by atoms with Crippen LogP contribution in [0.15, 0.2) is 48.5 Å². The Labute approximate surface area is 200 Å². The summed E-state index contributed by atoms with van der Waals surface area (Å²) in [5.74, 6) is -1.21. The van der Waals surface area contributed by atoms with Gasteiger partial charge in [0.15, 0.2) is 0 Å². The SMILES string of the molecule is Cc1ccc(NC(=O)C2CCCN(C(=O)c3nnc(C(=O)Nc4ccc(Cl)cc4)s3)C2)cc1. The Kier molecular flexibility index (Phi) is 7.00. The molecule has 1 saturated heterocycles. The fraction of sp³-hybridized carbons (Fsp3) is 0.261. The van der Waals surface area contributed by atoms with Gasteiger partial charge in [-0.1, -0.05) is 40.6 Å². The second kappa shape index (κ2) is 10.1. The number of rotatable bonds is 5. The molecular formula is C23H22ClN5O3S. The van der Waals surface area contributed by atoms with Crippen molar-refractivity contribution in [1.82, 2.24) is 15.1 Å². The lowest BCUT2D eigenvalue weighted by Crippen LogP contribution is -2.43. The molecule has 3 aromatic rings. The molecule has 10 heteroatoms. The number of amides is 3. The summed E-state index contributed by atoms with van der Waals surface area (Å²) in [6.45, 7) is 2.80. The van der Waals surface area contributed by atoms with Gasteiger partial charge in [0.2, 0.25) is 15.9 Å². The molecule has 1 aliphatic heterocycles. The summed E-state index contributed by atoms with van der Waals surface area (Å²) >= 11 is 6.78. The van der Waals surface area contributed by atoms with Crippen LogP contribution in [0.5, 0.6) is 0 Å². The van der Waals surface area contributed by atoms with Gasteiger partial charge >= 0.3 is 0 Å². The molecular weight excluding hydrogens is 462 g/mol. The van der Waals surface area contributed by atoms with E-state index in [1.165, 1.54) is 0 Å². The Bertz CT molecular complexity index is 1160. The first-order valence-electron chi connectivity index (χ1n) is 10.5. The molecule has 2 heterocycles. The minimum absolute atomic E-state index is 0.0824. The predicted octanol–water partition coefficient (Wildman–Crippen LogP) is 4.24. The van der Waals surface area contributed by atoms with Crippen molar-refractivity contribution < 1.29 is 14.4 Å². The maximum Gasteiger partial charge on any atom is 0.286 e. The molecule has 0 saturated carbocycles. The van der Waals surface area contributed by atoms with Crippen molar-refractivity contribution in [3.8, 4) is 0 Å². The number of nitrogens with one attached hydrogen (secondary N) is 2. The lowest BCUT2D eigenvalue weighted by molar-refractivity contribution is -0.121. The van der Waals surface area contributed by atoms with E-state index in [9.17, 15) is 14.4 Å². The highest BCUT2D eigenvalue weighted by molar-refractivity contribution is 7.15. The number of likely N-dealkylation sites (tertiary alicyclic amines) is 1. The zero-order chi connectivity index (χ0) is 23.4. The van der Waals surface area contributed by atoms with Crippen LogP contribution in [0.3, 0.4) is 0 Å². The molecule has 1 aliphatic rings. The lowest BCUT2D eigenvalue weighted by atomic mass is 9.97. The van der Waals surface area contributed by atoms with Crippen molar-refractivity contribution in [3.05, 3.63) is 69.1 Å². The number of carbonyl (C=O) groups is 3. The largest absolute Gasteiger partial charge is 0.336 e. The Balaban J connectivity index is 1.37. The Morgan fingerprint density at radius 3 is 2.33 bits per heavy atom. The van der Waals surface area contributed by atoms with Crippen LogP contribution >= 0.6 is 22.9 Å². The van der Waals surface area contributed by atoms with Crippen LogP contribution in [0.4, 0.5) is 11.4 Å². The van der Waals surface area contributed by atoms with E-state index in [4.69, 9.17) is 11.6 Å². The van der Waals surface area contributed by atoms with E-state index in [0.717, 1.165) is 22.6 Å². The zero-order valence-electron chi connectivity index (χ0n) is 17.9. The maximum absolute atomic E-state index is 13.0. The molecule has 0 bridgehead atoms. The number of hydrogen-bond acceptors (Lipinski definition) is 6. The van der Waals surface area contributed by atoms with Gasteiger partial charge in [0.25, 0.3) is 11.8 Å². The van der Waals surface area contributed by atoms with Crippen molar-refractivity contribution in [2.24, 2.45) is 5.92 Å². The molecule has 2 N–H and O–H groups in total. The van der Waals surface area contributed by atoms with Crippen LogP contribution in [-0.4, -0.2) is 45.9 Å². The highest BCUT2D eigenvalue weighted by Gasteiger charge is 2.31. The van der Waals surface area contributed by atoms with Gasteiger partial charge in [-0.15, -0.1) is 10.2 Å². The maximum atomic E-state index is 13.0. The molecule has 0 radical (unpaired) electrons. The summed E-state index contributed by atoms with van der Waals surface area (Å²) < 4.78 is 0. The summed E-state index contributed by atoms with van der Waals surface area (Å²) in [5, 5.41) is 14.2. The third-order valence-electron chi connectivity index (χ3n) is 5.30. The monoisotopic (exact) mass is 483 g/mol. The van der Waals surface area contributed by atoms with Crippen LogP contribution in [0, 0.1) is 12.8 Å². The number of hydrogen-bond donors (Lipinski definition) is 2. The summed E-state index contributed by atoms with van der Waals surface area (Å²) in [5.41, 5.74) is 2.40. The van der Waals surface area contributed by atoms with Crippen molar-refractivity contribution >= 4 is 52.0 Å².